The molecule has 41 heavy (non-hydrogen) atoms. The van der Waals surface area contributed by atoms with Crippen LogP contribution in [0.25, 0.3) is 0 Å². The van der Waals surface area contributed by atoms with Crippen LogP contribution in [-0.4, -0.2) is 12.6 Å². The van der Waals surface area contributed by atoms with E-state index in [1.54, 1.807) is 12.1 Å². The van der Waals surface area contributed by atoms with Gasteiger partial charge in [0.25, 0.3) is 0 Å². The molecule has 1 fully saturated rings. The molecule has 2 aromatic carbocycles. The minimum atomic E-state index is -0.324. The molecule has 0 aliphatic heterocycles. The van der Waals surface area contributed by atoms with Crippen molar-refractivity contribution in [2.45, 2.75) is 142 Å². The number of aryl methyl sites for hydroxylation is 1. The highest BCUT2D eigenvalue weighted by molar-refractivity contribution is 5.91. The normalized spacial score (nSPS) is 16.9. The second-order valence-corrected chi connectivity index (χ2v) is 12.5. The molecular formula is C38H58O3. The fourth-order valence-corrected chi connectivity index (χ4v) is 6.22. The molecule has 0 bridgehead atoms. The molecule has 0 saturated heterocycles. The van der Waals surface area contributed by atoms with Crippen LogP contribution in [0.5, 0.6) is 11.5 Å². The van der Waals surface area contributed by atoms with Gasteiger partial charge in [-0.1, -0.05) is 135 Å². The molecule has 228 valence electrons. The van der Waals surface area contributed by atoms with Gasteiger partial charge in [0.05, 0.1) is 12.2 Å². The summed E-state index contributed by atoms with van der Waals surface area (Å²) in [6.07, 6.45) is 26.8. The van der Waals surface area contributed by atoms with E-state index in [1.807, 2.05) is 24.3 Å². The van der Waals surface area contributed by atoms with Crippen LogP contribution in [0.1, 0.15) is 152 Å². The minimum Gasteiger partial charge on any atom is -0.494 e. The molecule has 0 amide bonds. The smallest absolute Gasteiger partial charge is 0.343 e. The van der Waals surface area contributed by atoms with Crippen LogP contribution < -0.4 is 9.47 Å². The maximum absolute atomic E-state index is 12.6. The lowest BCUT2D eigenvalue weighted by atomic mass is 9.78. The molecule has 0 heterocycles. The van der Waals surface area contributed by atoms with Crippen molar-refractivity contribution < 1.29 is 14.3 Å². The number of ether oxygens (including phenoxy) is 2. The largest absolute Gasteiger partial charge is 0.494 e. The average Bonchev–Trinajstić information content (AvgIpc) is 3.00. The van der Waals surface area contributed by atoms with Crippen molar-refractivity contribution in [3.8, 4) is 11.5 Å². The fraction of sp³-hybridized carbons (Fsp3) is 0.658. The van der Waals surface area contributed by atoms with Crippen LogP contribution in [0.4, 0.5) is 0 Å². The van der Waals surface area contributed by atoms with Gasteiger partial charge in [0.2, 0.25) is 0 Å². The van der Waals surface area contributed by atoms with Gasteiger partial charge in [0.15, 0.2) is 0 Å². The highest BCUT2D eigenvalue weighted by atomic mass is 16.5. The Hall–Kier alpha value is -2.29. The van der Waals surface area contributed by atoms with Gasteiger partial charge in [-0.3, -0.25) is 0 Å². The SMILES string of the molecule is CCCCCCCCCCCCOc1ccc(C(=O)Oc2ccc(CC[C@H]3CC[C@H](CCCCC)CC3)cc2)cc1. The van der Waals surface area contributed by atoms with Gasteiger partial charge in [-0.2, -0.15) is 0 Å². The molecule has 1 aliphatic rings. The van der Waals surface area contributed by atoms with E-state index in [1.165, 1.54) is 121 Å². The summed E-state index contributed by atoms with van der Waals surface area (Å²) in [5.41, 5.74) is 1.88. The third-order valence-corrected chi connectivity index (χ3v) is 9.01. The van der Waals surface area contributed by atoms with Crippen LogP contribution in [0, 0.1) is 11.8 Å². The number of esters is 1. The van der Waals surface area contributed by atoms with Crippen molar-refractivity contribution in [3.63, 3.8) is 0 Å². The van der Waals surface area contributed by atoms with Crippen LogP contribution >= 0.6 is 0 Å². The summed E-state index contributed by atoms with van der Waals surface area (Å²) < 4.78 is 11.5. The second kappa shape index (κ2) is 20.6. The quantitative estimate of drug-likeness (QED) is 0.0862. The first-order valence-corrected chi connectivity index (χ1v) is 17.2. The maximum atomic E-state index is 12.6. The number of rotatable bonds is 21. The third-order valence-electron chi connectivity index (χ3n) is 9.01. The lowest BCUT2D eigenvalue weighted by Gasteiger charge is -2.28. The number of carbonyl (C=O) groups is 1. The van der Waals surface area contributed by atoms with Crippen molar-refractivity contribution in [3.05, 3.63) is 59.7 Å². The standard InChI is InChI=1S/C38H58O3/c1-3-5-7-8-9-10-11-12-13-15-31-40-36-29-25-35(26-30-36)38(39)41-37-27-23-34(24-28-37)22-21-33-19-17-32(18-20-33)16-14-6-4-2/h23-30,32-33H,3-22,31H2,1-2H3/t32-,33-. The van der Waals surface area contributed by atoms with Crippen molar-refractivity contribution in [2.75, 3.05) is 6.61 Å². The molecule has 1 saturated carbocycles. The van der Waals surface area contributed by atoms with Gasteiger partial charge in [-0.25, -0.2) is 4.79 Å². The molecule has 0 aromatic heterocycles. The summed E-state index contributed by atoms with van der Waals surface area (Å²) in [6, 6.07) is 15.4. The predicted molar refractivity (Wildman–Crippen MR) is 173 cm³/mol. The molecule has 0 radical (unpaired) electrons. The Morgan fingerprint density at radius 3 is 1.73 bits per heavy atom. The average molecular weight is 563 g/mol. The lowest BCUT2D eigenvalue weighted by molar-refractivity contribution is 0.0734. The summed E-state index contributed by atoms with van der Waals surface area (Å²) in [7, 11) is 0. The maximum Gasteiger partial charge on any atom is 0.343 e. The van der Waals surface area contributed by atoms with E-state index >= 15 is 0 Å². The monoisotopic (exact) mass is 562 g/mol. The summed E-state index contributed by atoms with van der Waals surface area (Å²) in [5.74, 6) is 2.94. The van der Waals surface area contributed by atoms with E-state index in [4.69, 9.17) is 9.47 Å². The second-order valence-electron chi connectivity index (χ2n) is 12.5. The van der Waals surface area contributed by atoms with E-state index in [2.05, 4.69) is 26.0 Å². The van der Waals surface area contributed by atoms with E-state index in [0.717, 1.165) is 37.0 Å². The van der Waals surface area contributed by atoms with Crippen molar-refractivity contribution in [1.82, 2.24) is 0 Å². The number of hydrogen-bond acceptors (Lipinski definition) is 3. The van der Waals surface area contributed by atoms with Gasteiger partial charge >= 0.3 is 5.97 Å². The zero-order valence-electron chi connectivity index (χ0n) is 26.3. The molecule has 0 spiro atoms. The summed E-state index contributed by atoms with van der Waals surface area (Å²) in [4.78, 5) is 12.6. The molecular weight excluding hydrogens is 504 g/mol. The van der Waals surface area contributed by atoms with Crippen LogP contribution in [0.3, 0.4) is 0 Å². The number of benzene rings is 2. The highest BCUT2D eigenvalue weighted by Gasteiger charge is 2.20. The summed E-state index contributed by atoms with van der Waals surface area (Å²) in [6.45, 7) is 5.29. The molecule has 3 rings (SSSR count). The third kappa shape index (κ3) is 14.0. The zero-order chi connectivity index (χ0) is 29.0. The number of unbranched alkanes of at least 4 members (excludes halogenated alkanes) is 11. The van der Waals surface area contributed by atoms with Crippen LogP contribution in [-0.2, 0) is 6.42 Å². The molecule has 0 N–H and O–H groups in total. The van der Waals surface area contributed by atoms with Crippen molar-refractivity contribution in [1.29, 1.82) is 0 Å². The minimum absolute atomic E-state index is 0.324. The molecule has 3 nitrogen and oxygen atoms in total. The van der Waals surface area contributed by atoms with E-state index in [-0.39, 0.29) is 5.97 Å². The summed E-state index contributed by atoms with van der Waals surface area (Å²) >= 11 is 0. The predicted octanol–water partition coefficient (Wildman–Crippen LogP) is 11.5. The van der Waals surface area contributed by atoms with Gasteiger partial charge in [-0.15, -0.1) is 0 Å². The van der Waals surface area contributed by atoms with Gasteiger partial charge in [0, 0.05) is 0 Å². The summed E-state index contributed by atoms with van der Waals surface area (Å²) in [5, 5.41) is 0. The Morgan fingerprint density at radius 2 is 1.12 bits per heavy atom. The number of hydrogen-bond donors (Lipinski definition) is 0. The fourth-order valence-electron chi connectivity index (χ4n) is 6.22. The van der Waals surface area contributed by atoms with Gasteiger partial charge in [-0.05, 0) is 73.1 Å². The Balaban J connectivity index is 1.26. The Morgan fingerprint density at radius 1 is 0.610 bits per heavy atom. The molecule has 1 aliphatic carbocycles. The first-order valence-electron chi connectivity index (χ1n) is 17.2. The van der Waals surface area contributed by atoms with Crippen molar-refractivity contribution >= 4 is 5.97 Å². The lowest BCUT2D eigenvalue weighted by Crippen LogP contribution is -2.15. The van der Waals surface area contributed by atoms with Crippen molar-refractivity contribution in [2.24, 2.45) is 11.8 Å². The Labute approximate surface area is 251 Å². The Kier molecular flexibility index (Phi) is 16.7. The molecule has 2 aromatic rings. The topological polar surface area (TPSA) is 35.5 Å². The van der Waals surface area contributed by atoms with E-state index < -0.39 is 0 Å². The first-order chi connectivity index (χ1) is 20.2. The van der Waals surface area contributed by atoms with E-state index in [9.17, 15) is 4.79 Å². The molecule has 0 unspecified atom stereocenters. The molecule has 0 atom stereocenters. The van der Waals surface area contributed by atoms with Gasteiger partial charge < -0.3 is 9.47 Å². The molecule has 3 heteroatoms. The first kappa shape index (κ1) is 33.2. The van der Waals surface area contributed by atoms with Crippen LogP contribution in [0.15, 0.2) is 48.5 Å². The van der Waals surface area contributed by atoms with Crippen LogP contribution in [0.2, 0.25) is 0 Å². The number of carbonyl (C=O) groups excluding carboxylic acids is 1. The van der Waals surface area contributed by atoms with E-state index in [0.29, 0.717) is 11.3 Å². The van der Waals surface area contributed by atoms with Gasteiger partial charge in [0.1, 0.15) is 11.5 Å². The Bertz CT molecular complexity index is 925. The zero-order valence-corrected chi connectivity index (χ0v) is 26.3. The highest BCUT2D eigenvalue weighted by Crippen LogP contribution is 2.34.